The lowest BCUT2D eigenvalue weighted by atomic mass is 9.93. The minimum atomic E-state index is -0.462. The molecule has 0 saturated carbocycles. The van der Waals surface area contributed by atoms with Gasteiger partial charge in [0.25, 0.3) is 11.8 Å². The Hall–Kier alpha value is -3.62. The van der Waals surface area contributed by atoms with E-state index in [4.69, 9.17) is 16.3 Å². The van der Waals surface area contributed by atoms with Gasteiger partial charge in [-0.1, -0.05) is 49.7 Å². The van der Waals surface area contributed by atoms with Crippen molar-refractivity contribution in [2.24, 2.45) is 10.5 Å². The van der Waals surface area contributed by atoms with Crippen molar-refractivity contribution in [2.75, 3.05) is 26.7 Å². The molecule has 0 aliphatic carbocycles. The molecule has 3 aromatic carbocycles. The number of phenols is 1. The Morgan fingerprint density at radius 2 is 1.83 bits per heavy atom. The summed E-state index contributed by atoms with van der Waals surface area (Å²) in [5, 5.41) is 21.3. The van der Waals surface area contributed by atoms with Gasteiger partial charge in [0.15, 0.2) is 6.61 Å². The maximum atomic E-state index is 12.3. The van der Waals surface area contributed by atoms with E-state index in [1.54, 1.807) is 12.1 Å². The minimum absolute atomic E-state index is 0.0674. The van der Waals surface area contributed by atoms with Crippen LogP contribution in [-0.4, -0.2) is 49.9 Å². The molecule has 184 valence electrons. The predicted molar refractivity (Wildman–Crippen MR) is 138 cm³/mol. The summed E-state index contributed by atoms with van der Waals surface area (Å²) in [6, 6.07) is 15.3. The molecular weight excluding hydrogens is 468 g/mol. The van der Waals surface area contributed by atoms with Crippen LogP contribution in [0.25, 0.3) is 10.8 Å². The molecule has 3 aromatic rings. The molecule has 8 nitrogen and oxygen atoms in total. The molecule has 0 aliphatic rings. The van der Waals surface area contributed by atoms with Crippen molar-refractivity contribution in [1.82, 2.24) is 16.1 Å². The zero-order valence-electron chi connectivity index (χ0n) is 19.9. The lowest BCUT2D eigenvalue weighted by molar-refractivity contribution is -0.123. The van der Waals surface area contributed by atoms with Gasteiger partial charge in [0.1, 0.15) is 11.5 Å². The smallest absolute Gasteiger partial charge is 0.271 e. The number of fused-ring (bicyclic) bond motifs is 1. The maximum absolute atomic E-state index is 12.3. The summed E-state index contributed by atoms with van der Waals surface area (Å²) in [7, 11) is 1.88. The molecule has 2 amide bonds. The van der Waals surface area contributed by atoms with Crippen molar-refractivity contribution in [3.63, 3.8) is 0 Å². The third-order valence-corrected chi connectivity index (χ3v) is 5.58. The van der Waals surface area contributed by atoms with Crippen LogP contribution in [0.3, 0.4) is 0 Å². The van der Waals surface area contributed by atoms with Crippen molar-refractivity contribution in [3.8, 4) is 11.5 Å². The number of carbonyl (C=O) groups excluding carboxylic acids is 2. The lowest BCUT2D eigenvalue weighted by Gasteiger charge is -2.24. The first-order chi connectivity index (χ1) is 16.7. The highest BCUT2D eigenvalue weighted by molar-refractivity contribution is 6.32. The van der Waals surface area contributed by atoms with Gasteiger partial charge in [-0.25, -0.2) is 5.43 Å². The van der Waals surface area contributed by atoms with Crippen LogP contribution in [0.4, 0.5) is 0 Å². The van der Waals surface area contributed by atoms with Crippen LogP contribution in [0.15, 0.2) is 59.7 Å². The molecule has 0 aliphatic heterocycles. The first-order valence-electron chi connectivity index (χ1n) is 11.1. The molecule has 9 heteroatoms. The zero-order chi connectivity index (χ0) is 25.4. The summed E-state index contributed by atoms with van der Waals surface area (Å²) >= 11 is 5.86. The number of amides is 2. The fourth-order valence-corrected chi connectivity index (χ4v) is 3.66. The molecule has 0 spiro atoms. The number of aromatic hydroxyl groups is 1. The molecule has 0 bridgehead atoms. The summed E-state index contributed by atoms with van der Waals surface area (Å²) < 4.78 is 5.81. The van der Waals surface area contributed by atoms with Crippen molar-refractivity contribution < 1.29 is 19.4 Å². The highest BCUT2D eigenvalue weighted by Gasteiger charge is 2.18. The van der Waals surface area contributed by atoms with Crippen LogP contribution in [0, 0.1) is 5.41 Å². The highest BCUT2D eigenvalue weighted by Crippen LogP contribution is 2.28. The average molecular weight is 497 g/mol. The topological polar surface area (TPSA) is 112 Å². The summed E-state index contributed by atoms with van der Waals surface area (Å²) in [6.07, 6.45) is 1.53. The number of halogens is 1. The van der Waals surface area contributed by atoms with Crippen LogP contribution in [0.1, 0.15) is 29.8 Å². The number of nitrogens with zero attached hydrogens (tertiary/aromatic N) is 1. The molecule has 0 heterocycles. The number of ether oxygens (including phenoxy) is 1. The van der Waals surface area contributed by atoms with Gasteiger partial charge in [0, 0.05) is 29.6 Å². The van der Waals surface area contributed by atoms with E-state index >= 15 is 0 Å². The van der Waals surface area contributed by atoms with E-state index in [1.807, 2.05) is 31.3 Å². The molecule has 4 N–H and O–H groups in total. The Labute approximate surface area is 209 Å². The first-order valence-corrected chi connectivity index (χ1v) is 11.5. The summed E-state index contributed by atoms with van der Waals surface area (Å²) in [4.78, 5) is 24.6. The largest absolute Gasteiger partial charge is 0.506 e. The lowest BCUT2D eigenvalue weighted by Crippen LogP contribution is -2.41. The van der Waals surface area contributed by atoms with Crippen LogP contribution >= 0.6 is 11.6 Å². The van der Waals surface area contributed by atoms with Gasteiger partial charge < -0.3 is 20.5 Å². The quantitative estimate of drug-likeness (QED) is 0.252. The molecule has 0 unspecified atom stereocenters. The Kier molecular flexibility index (Phi) is 8.68. The van der Waals surface area contributed by atoms with E-state index in [1.165, 1.54) is 24.4 Å². The molecule has 0 saturated heterocycles. The van der Waals surface area contributed by atoms with E-state index < -0.39 is 5.91 Å². The van der Waals surface area contributed by atoms with Crippen molar-refractivity contribution >= 4 is 40.4 Å². The fourth-order valence-electron chi connectivity index (χ4n) is 3.48. The normalized spacial score (nSPS) is 11.5. The Morgan fingerprint density at radius 1 is 1.09 bits per heavy atom. The standard InChI is InChI=1S/C26H29ClN4O4/c1-26(2,15-28-3)16-29-24(33)14-35-23-11-9-18(19-6-4-5-7-20(19)23)13-30-31-25(34)17-8-10-22(32)21(27)12-17/h4-13,28,32H,14-16H2,1-3H3,(H,29,33)(H,31,34)/b30-13+. The Balaban J connectivity index is 1.66. The zero-order valence-corrected chi connectivity index (χ0v) is 20.6. The Morgan fingerprint density at radius 3 is 2.54 bits per heavy atom. The van der Waals surface area contributed by atoms with E-state index in [2.05, 4.69) is 35.0 Å². The number of hydrazone groups is 1. The summed E-state index contributed by atoms with van der Waals surface area (Å²) in [5.74, 6) is -0.182. The number of benzene rings is 3. The van der Waals surface area contributed by atoms with E-state index in [0.29, 0.717) is 12.3 Å². The molecule has 0 atom stereocenters. The first kappa shape index (κ1) is 26.0. The van der Waals surface area contributed by atoms with Crippen molar-refractivity contribution in [3.05, 3.63) is 70.7 Å². The van der Waals surface area contributed by atoms with Crippen LogP contribution < -0.4 is 20.8 Å². The second kappa shape index (κ2) is 11.7. The fraction of sp³-hybridized carbons (Fsp3) is 0.269. The average Bonchev–Trinajstić information content (AvgIpc) is 2.83. The van der Waals surface area contributed by atoms with Crippen LogP contribution in [0.2, 0.25) is 5.02 Å². The predicted octanol–water partition coefficient (Wildman–Crippen LogP) is 3.70. The third kappa shape index (κ3) is 7.18. The molecule has 0 aromatic heterocycles. The van der Waals surface area contributed by atoms with Gasteiger partial charge >= 0.3 is 0 Å². The minimum Gasteiger partial charge on any atom is -0.506 e. The molecule has 0 radical (unpaired) electrons. The van der Waals surface area contributed by atoms with E-state index in [9.17, 15) is 14.7 Å². The Bertz CT molecular complexity index is 1240. The highest BCUT2D eigenvalue weighted by atomic mass is 35.5. The van der Waals surface area contributed by atoms with Crippen LogP contribution in [-0.2, 0) is 4.79 Å². The summed E-state index contributed by atoms with van der Waals surface area (Å²) in [5.41, 5.74) is 3.41. The molecule has 0 fully saturated rings. The van der Waals surface area contributed by atoms with Gasteiger partial charge in [-0.2, -0.15) is 5.10 Å². The number of hydrogen-bond donors (Lipinski definition) is 4. The van der Waals surface area contributed by atoms with Crippen LogP contribution in [0.5, 0.6) is 11.5 Å². The van der Waals surface area contributed by atoms with Gasteiger partial charge in [0.2, 0.25) is 0 Å². The molecule has 35 heavy (non-hydrogen) atoms. The summed E-state index contributed by atoms with van der Waals surface area (Å²) in [6.45, 7) is 5.36. The number of nitrogens with one attached hydrogen (secondary N) is 3. The third-order valence-electron chi connectivity index (χ3n) is 5.28. The monoisotopic (exact) mass is 496 g/mol. The number of rotatable bonds is 10. The molecule has 3 rings (SSSR count). The van der Waals surface area contributed by atoms with Gasteiger partial charge in [-0.05, 0) is 48.2 Å². The van der Waals surface area contributed by atoms with Crippen molar-refractivity contribution in [1.29, 1.82) is 0 Å². The van der Waals surface area contributed by atoms with E-state index in [0.717, 1.165) is 22.9 Å². The maximum Gasteiger partial charge on any atom is 0.271 e. The molecular formula is C26H29ClN4O4. The number of carbonyl (C=O) groups is 2. The van der Waals surface area contributed by atoms with Gasteiger partial charge in [-0.15, -0.1) is 0 Å². The SMILES string of the molecule is CNCC(C)(C)CNC(=O)COc1ccc(/C=N/NC(=O)c2ccc(O)c(Cl)c2)c2ccccc12. The van der Waals surface area contributed by atoms with Gasteiger partial charge in [-0.3, -0.25) is 9.59 Å². The van der Waals surface area contributed by atoms with Gasteiger partial charge in [0.05, 0.1) is 11.2 Å². The second-order valence-electron chi connectivity index (χ2n) is 8.82. The van der Waals surface area contributed by atoms with E-state index in [-0.39, 0.29) is 34.3 Å². The second-order valence-corrected chi connectivity index (χ2v) is 9.23. The number of phenolic OH excluding ortho intramolecular Hbond substituents is 1. The number of hydrogen-bond acceptors (Lipinski definition) is 6. The van der Waals surface area contributed by atoms with Crippen molar-refractivity contribution in [2.45, 2.75) is 13.8 Å².